The van der Waals surface area contributed by atoms with Crippen LogP contribution in [0.2, 0.25) is 0 Å². The van der Waals surface area contributed by atoms with Crippen molar-refractivity contribution < 1.29 is 9.84 Å². The summed E-state index contributed by atoms with van der Waals surface area (Å²) in [5.74, 6) is 0.820. The van der Waals surface area contributed by atoms with E-state index in [0.29, 0.717) is 26.2 Å². The summed E-state index contributed by atoms with van der Waals surface area (Å²) in [5, 5.41) is 13.6. The number of β-amino-alcohol motifs (C(OH)–C–C–N with tert-alkyl or cyclic N) is 1. The zero-order valence-electron chi connectivity index (χ0n) is 16.3. The molecule has 2 heterocycles. The fraction of sp³-hybridized carbons (Fsp3) is 0.409. The first-order chi connectivity index (χ1) is 13.7. The van der Waals surface area contributed by atoms with Crippen LogP contribution in [-0.2, 0) is 20.0 Å². The van der Waals surface area contributed by atoms with Crippen molar-refractivity contribution in [3.8, 4) is 5.75 Å². The molecule has 0 saturated carbocycles. The Bertz CT molecular complexity index is 924. The van der Waals surface area contributed by atoms with Crippen molar-refractivity contribution in [2.45, 2.75) is 19.1 Å². The fourth-order valence-electron chi connectivity index (χ4n) is 3.79. The third kappa shape index (κ3) is 4.52. The van der Waals surface area contributed by atoms with Gasteiger partial charge in [0, 0.05) is 45.8 Å². The van der Waals surface area contributed by atoms with Gasteiger partial charge < -0.3 is 19.7 Å². The molecule has 1 aliphatic rings. The second-order valence-electron chi connectivity index (χ2n) is 7.47. The summed E-state index contributed by atoms with van der Waals surface area (Å²) in [6.45, 7) is 4.45. The molecule has 3 aromatic rings. The van der Waals surface area contributed by atoms with Gasteiger partial charge in [0.15, 0.2) is 0 Å². The molecule has 1 aliphatic heterocycles. The first-order valence-electron chi connectivity index (χ1n) is 9.91. The van der Waals surface area contributed by atoms with Crippen molar-refractivity contribution >= 4 is 11.0 Å². The van der Waals surface area contributed by atoms with Gasteiger partial charge in [-0.05, 0) is 29.7 Å². The van der Waals surface area contributed by atoms with E-state index in [9.17, 15) is 5.11 Å². The Kier molecular flexibility index (Phi) is 5.90. The van der Waals surface area contributed by atoms with Crippen LogP contribution in [0.25, 0.3) is 11.0 Å². The number of aliphatic hydroxyl groups excluding tert-OH is 1. The minimum absolute atomic E-state index is 0.380. The van der Waals surface area contributed by atoms with E-state index in [1.807, 2.05) is 29.8 Å². The third-order valence-electron chi connectivity index (χ3n) is 5.30. The lowest BCUT2D eigenvalue weighted by molar-refractivity contribution is 0.103. The number of hydrogen-bond acceptors (Lipinski definition) is 5. The minimum atomic E-state index is -0.380. The summed E-state index contributed by atoms with van der Waals surface area (Å²) in [4.78, 5) is 6.67. The van der Waals surface area contributed by atoms with E-state index < -0.39 is 0 Å². The molecular formula is C22H28N4O2. The molecule has 0 spiro atoms. The SMILES string of the molecule is Cn1cnc2cc(OCCNCC(O)CN3CCc4ccccc4C3)ccc21. The normalized spacial score (nSPS) is 15.5. The number of benzene rings is 2. The lowest BCUT2D eigenvalue weighted by Crippen LogP contribution is -2.41. The average molecular weight is 380 g/mol. The van der Waals surface area contributed by atoms with E-state index in [-0.39, 0.29) is 6.10 Å². The van der Waals surface area contributed by atoms with Gasteiger partial charge in [-0.1, -0.05) is 24.3 Å². The molecule has 1 aromatic heterocycles. The monoisotopic (exact) mass is 380 g/mol. The van der Waals surface area contributed by atoms with Gasteiger partial charge in [-0.2, -0.15) is 0 Å². The Morgan fingerprint density at radius 3 is 2.96 bits per heavy atom. The lowest BCUT2D eigenvalue weighted by Gasteiger charge is -2.30. The summed E-state index contributed by atoms with van der Waals surface area (Å²) < 4.78 is 7.78. The number of aliphatic hydroxyl groups is 1. The number of nitrogens with zero attached hydrogens (tertiary/aromatic N) is 3. The van der Waals surface area contributed by atoms with Gasteiger partial charge in [-0.25, -0.2) is 4.98 Å². The number of nitrogens with one attached hydrogen (secondary N) is 1. The molecule has 0 amide bonds. The van der Waals surface area contributed by atoms with Crippen LogP contribution < -0.4 is 10.1 Å². The summed E-state index contributed by atoms with van der Waals surface area (Å²) in [7, 11) is 1.98. The van der Waals surface area contributed by atoms with Gasteiger partial charge in [-0.15, -0.1) is 0 Å². The first kappa shape index (κ1) is 18.9. The molecule has 4 rings (SSSR count). The van der Waals surface area contributed by atoms with E-state index in [1.54, 1.807) is 6.33 Å². The molecule has 0 aliphatic carbocycles. The summed E-state index contributed by atoms with van der Waals surface area (Å²) in [6, 6.07) is 14.5. The number of aromatic nitrogens is 2. The molecule has 0 radical (unpaired) electrons. The maximum Gasteiger partial charge on any atom is 0.121 e. The van der Waals surface area contributed by atoms with Crippen LogP contribution in [0.1, 0.15) is 11.1 Å². The van der Waals surface area contributed by atoms with E-state index in [2.05, 4.69) is 39.5 Å². The van der Waals surface area contributed by atoms with E-state index in [4.69, 9.17) is 4.74 Å². The van der Waals surface area contributed by atoms with E-state index in [0.717, 1.165) is 36.3 Å². The zero-order chi connectivity index (χ0) is 19.3. The molecule has 0 bridgehead atoms. The van der Waals surface area contributed by atoms with E-state index in [1.165, 1.54) is 11.1 Å². The predicted molar refractivity (Wildman–Crippen MR) is 111 cm³/mol. The number of aryl methyl sites for hydroxylation is 1. The topological polar surface area (TPSA) is 62.6 Å². The third-order valence-corrected chi connectivity index (χ3v) is 5.30. The van der Waals surface area contributed by atoms with Gasteiger partial charge in [0.1, 0.15) is 12.4 Å². The number of hydrogen-bond donors (Lipinski definition) is 2. The highest BCUT2D eigenvalue weighted by molar-refractivity contribution is 5.76. The number of ether oxygens (including phenoxy) is 1. The summed E-state index contributed by atoms with van der Waals surface area (Å²) in [6.07, 6.45) is 2.48. The van der Waals surface area contributed by atoms with Gasteiger partial charge in [0.2, 0.25) is 0 Å². The largest absolute Gasteiger partial charge is 0.492 e. The second kappa shape index (κ2) is 8.73. The first-order valence-corrected chi connectivity index (χ1v) is 9.91. The van der Waals surface area contributed by atoms with Crippen LogP contribution in [0.5, 0.6) is 5.75 Å². The van der Waals surface area contributed by atoms with Crippen molar-refractivity contribution in [2.24, 2.45) is 7.05 Å². The van der Waals surface area contributed by atoms with Crippen LogP contribution >= 0.6 is 0 Å². The second-order valence-corrected chi connectivity index (χ2v) is 7.47. The Balaban J connectivity index is 1.15. The highest BCUT2D eigenvalue weighted by atomic mass is 16.5. The standard InChI is InChI=1S/C22H28N4O2/c1-25-16-24-21-12-20(6-7-22(21)25)28-11-9-23-13-19(27)15-26-10-8-17-4-2-3-5-18(17)14-26/h2-7,12,16,19,23,27H,8-11,13-15H2,1H3. The molecule has 6 nitrogen and oxygen atoms in total. The highest BCUT2D eigenvalue weighted by Gasteiger charge is 2.18. The van der Waals surface area contributed by atoms with E-state index >= 15 is 0 Å². The Labute approximate surface area is 165 Å². The summed E-state index contributed by atoms with van der Waals surface area (Å²) in [5.41, 5.74) is 4.85. The molecule has 0 saturated heterocycles. The van der Waals surface area contributed by atoms with Crippen molar-refractivity contribution in [3.63, 3.8) is 0 Å². The molecule has 1 atom stereocenters. The van der Waals surface area contributed by atoms with Crippen molar-refractivity contribution in [1.82, 2.24) is 19.8 Å². The average Bonchev–Trinajstić information content (AvgIpc) is 3.08. The maximum atomic E-state index is 10.3. The van der Waals surface area contributed by atoms with Crippen molar-refractivity contribution in [1.29, 1.82) is 0 Å². The molecule has 0 fully saturated rings. The fourth-order valence-corrected chi connectivity index (χ4v) is 3.79. The molecule has 2 aromatic carbocycles. The van der Waals surface area contributed by atoms with Gasteiger partial charge >= 0.3 is 0 Å². The molecule has 28 heavy (non-hydrogen) atoms. The number of fused-ring (bicyclic) bond motifs is 2. The van der Waals surface area contributed by atoms with Gasteiger partial charge in [0.25, 0.3) is 0 Å². The zero-order valence-corrected chi connectivity index (χ0v) is 16.3. The predicted octanol–water partition coefficient (Wildman–Crippen LogP) is 1.96. The Morgan fingerprint density at radius 2 is 2.07 bits per heavy atom. The maximum absolute atomic E-state index is 10.3. The molecule has 148 valence electrons. The number of imidazole rings is 1. The van der Waals surface area contributed by atoms with Gasteiger partial charge in [0.05, 0.1) is 23.5 Å². The number of rotatable bonds is 8. The van der Waals surface area contributed by atoms with Crippen LogP contribution in [-0.4, -0.2) is 58.4 Å². The Morgan fingerprint density at radius 1 is 1.21 bits per heavy atom. The van der Waals surface area contributed by atoms with Crippen LogP contribution in [0.3, 0.4) is 0 Å². The quantitative estimate of drug-likeness (QED) is 0.585. The molecule has 2 N–H and O–H groups in total. The smallest absolute Gasteiger partial charge is 0.121 e. The molecular weight excluding hydrogens is 352 g/mol. The highest BCUT2D eigenvalue weighted by Crippen LogP contribution is 2.19. The van der Waals surface area contributed by atoms with Crippen LogP contribution in [0, 0.1) is 0 Å². The van der Waals surface area contributed by atoms with Gasteiger partial charge in [-0.3, -0.25) is 4.90 Å². The summed E-state index contributed by atoms with van der Waals surface area (Å²) >= 11 is 0. The van der Waals surface area contributed by atoms with Crippen LogP contribution in [0.4, 0.5) is 0 Å². The Hall–Kier alpha value is -2.41. The van der Waals surface area contributed by atoms with Crippen molar-refractivity contribution in [3.05, 3.63) is 59.9 Å². The molecule has 6 heteroatoms. The van der Waals surface area contributed by atoms with Crippen molar-refractivity contribution in [2.75, 3.05) is 32.8 Å². The van der Waals surface area contributed by atoms with Crippen LogP contribution in [0.15, 0.2) is 48.8 Å². The lowest BCUT2D eigenvalue weighted by atomic mass is 10.00. The molecule has 1 unspecified atom stereocenters. The minimum Gasteiger partial charge on any atom is -0.492 e.